The van der Waals surface area contributed by atoms with Gasteiger partial charge in [-0.1, -0.05) is 6.92 Å². The molecule has 0 bridgehead atoms. The third kappa shape index (κ3) is 6.34. The van der Waals surface area contributed by atoms with E-state index in [1.165, 1.54) is 37.2 Å². The quantitative estimate of drug-likeness (QED) is 0.380. The zero-order valence-electron chi connectivity index (χ0n) is 17.4. The number of nitrogens with zero attached hydrogens (tertiary/aromatic N) is 4. The average molecular weight is 488 g/mol. The summed E-state index contributed by atoms with van der Waals surface area (Å²) in [7, 11) is 1.86. The van der Waals surface area contributed by atoms with E-state index in [1.54, 1.807) is 0 Å². The Balaban J connectivity index is 0.00000261. The molecule has 1 aromatic rings. The second-order valence-electron chi connectivity index (χ2n) is 8.31. The van der Waals surface area contributed by atoms with Crippen molar-refractivity contribution in [3.05, 3.63) is 17.5 Å². The Morgan fingerprint density at radius 1 is 1.37 bits per heavy atom. The Bertz CT molecular complexity index is 612. The van der Waals surface area contributed by atoms with Crippen LogP contribution in [0.25, 0.3) is 0 Å². The molecule has 2 atom stereocenters. The van der Waals surface area contributed by atoms with E-state index in [4.69, 9.17) is 5.10 Å². The van der Waals surface area contributed by atoms with Crippen molar-refractivity contribution in [3.63, 3.8) is 0 Å². The second-order valence-corrected chi connectivity index (χ2v) is 8.31. The summed E-state index contributed by atoms with van der Waals surface area (Å²) in [5.74, 6) is 1.76. The fraction of sp³-hybridized carbons (Fsp3) is 0.800. The van der Waals surface area contributed by atoms with E-state index in [0.717, 1.165) is 44.2 Å². The van der Waals surface area contributed by atoms with E-state index in [1.807, 2.05) is 7.05 Å². The Kier molecular flexibility index (Phi) is 8.85. The lowest BCUT2D eigenvalue weighted by Gasteiger charge is -2.31. The van der Waals surface area contributed by atoms with Gasteiger partial charge in [-0.2, -0.15) is 5.10 Å². The van der Waals surface area contributed by atoms with Crippen molar-refractivity contribution in [1.82, 2.24) is 25.3 Å². The summed E-state index contributed by atoms with van der Waals surface area (Å²) < 4.78 is 2.10. The normalized spacial score (nSPS) is 23.7. The molecule has 1 aromatic heterocycles. The predicted molar refractivity (Wildman–Crippen MR) is 123 cm³/mol. The van der Waals surface area contributed by atoms with Crippen molar-refractivity contribution in [2.45, 2.75) is 65.0 Å². The van der Waals surface area contributed by atoms with Crippen molar-refractivity contribution in [3.8, 4) is 0 Å². The van der Waals surface area contributed by atoms with Crippen LogP contribution in [0.15, 0.2) is 11.2 Å². The van der Waals surface area contributed by atoms with Gasteiger partial charge in [0.1, 0.15) is 0 Å². The zero-order valence-corrected chi connectivity index (χ0v) is 19.7. The first-order valence-corrected chi connectivity index (χ1v) is 10.3. The molecule has 3 rings (SSSR count). The molecule has 2 N–H and O–H groups in total. The van der Waals surface area contributed by atoms with Gasteiger partial charge >= 0.3 is 0 Å². The molecular weight excluding hydrogens is 451 g/mol. The SMILES string of the molecule is CN=C(NCCN1CCCC(C)C1)NC1CCc2cn(C(C)C)nc2C1.I. The van der Waals surface area contributed by atoms with E-state index >= 15 is 0 Å². The molecule has 0 radical (unpaired) electrons. The first-order valence-electron chi connectivity index (χ1n) is 10.3. The number of halogens is 1. The predicted octanol–water partition coefficient (Wildman–Crippen LogP) is 2.84. The van der Waals surface area contributed by atoms with Gasteiger partial charge in [0.2, 0.25) is 0 Å². The number of hydrogen-bond donors (Lipinski definition) is 2. The minimum Gasteiger partial charge on any atom is -0.355 e. The summed E-state index contributed by atoms with van der Waals surface area (Å²) in [4.78, 5) is 6.99. The molecule has 6 nitrogen and oxygen atoms in total. The number of guanidine groups is 1. The lowest BCUT2D eigenvalue weighted by molar-refractivity contribution is 0.186. The highest BCUT2D eigenvalue weighted by molar-refractivity contribution is 14.0. The summed E-state index contributed by atoms with van der Waals surface area (Å²) in [6, 6.07) is 0.846. The Morgan fingerprint density at radius 2 is 2.19 bits per heavy atom. The molecule has 1 aliphatic carbocycles. The monoisotopic (exact) mass is 488 g/mol. The number of likely N-dealkylation sites (tertiary alicyclic amines) is 1. The first-order chi connectivity index (χ1) is 12.5. The maximum absolute atomic E-state index is 4.77. The number of aliphatic imine (C=N–C) groups is 1. The first kappa shape index (κ1) is 22.5. The van der Waals surface area contributed by atoms with E-state index < -0.39 is 0 Å². The number of nitrogens with one attached hydrogen (secondary N) is 2. The molecule has 1 saturated heterocycles. The third-order valence-electron chi connectivity index (χ3n) is 5.65. The van der Waals surface area contributed by atoms with E-state index in [0.29, 0.717) is 12.1 Å². The van der Waals surface area contributed by atoms with Gasteiger partial charge in [-0.25, -0.2) is 0 Å². The average Bonchev–Trinajstić information content (AvgIpc) is 3.04. The third-order valence-corrected chi connectivity index (χ3v) is 5.65. The van der Waals surface area contributed by atoms with Crippen molar-refractivity contribution in [2.75, 3.05) is 33.2 Å². The summed E-state index contributed by atoms with van der Waals surface area (Å²) in [5.41, 5.74) is 2.67. The molecule has 2 aliphatic rings. The Labute approximate surface area is 181 Å². The highest BCUT2D eigenvalue weighted by Gasteiger charge is 2.23. The number of aryl methyl sites for hydroxylation is 1. The highest BCUT2D eigenvalue weighted by Crippen LogP contribution is 2.21. The largest absolute Gasteiger partial charge is 0.355 e. The lowest BCUT2D eigenvalue weighted by atomic mass is 9.94. The fourth-order valence-corrected chi connectivity index (χ4v) is 4.11. The fourth-order valence-electron chi connectivity index (χ4n) is 4.11. The van der Waals surface area contributed by atoms with Gasteiger partial charge in [0.25, 0.3) is 0 Å². The van der Waals surface area contributed by atoms with Crippen LogP contribution in [0.2, 0.25) is 0 Å². The summed E-state index contributed by atoms with van der Waals surface area (Å²) in [6.07, 6.45) is 8.16. The van der Waals surface area contributed by atoms with Gasteiger partial charge < -0.3 is 15.5 Å². The zero-order chi connectivity index (χ0) is 18.5. The van der Waals surface area contributed by atoms with Crippen LogP contribution in [0, 0.1) is 5.92 Å². The van der Waals surface area contributed by atoms with E-state index in [9.17, 15) is 0 Å². The molecule has 0 spiro atoms. The Morgan fingerprint density at radius 3 is 2.89 bits per heavy atom. The van der Waals surface area contributed by atoms with Gasteiger partial charge in [-0.05, 0) is 57.6 Å². The van der Waals surface area contributed by atoms with Gasteiger partial charge in [-0.3, -0.25) is 9.67 Å². The van der Waals surface area contributed by atoms with Crippen LogP contribution in [0.4, 0.5) is 0 Å². The Hall–Kier alpha value is -0.830. The smallest absolute Gasteiger partial charge is 0.191 e. The maximum Gasteiger partial charge on any atom is 0.191 e. The van der Waals surface area contributed by atoms with Crippen LogP contribution in [0.3, 0.4) is 0 Å². The van der Waals surface area contributed by atoms with Crippen molar-refractivity contribution in [2.24, 2.45) is 10.9 Å². The molecular formula is C20H37IN6. The number of piperidine rings is 1. The molecule has 1 fully saturated rings. The van der Waals surface area contributed by atoms with Gasteiger partial charge in [0.05, 0.1) is 5.69 Å². The van der Waals surface area contributed by atoms with Crippen LogP contribution >= 0.6 is 24.0 Å². The van der Waals surface area contributed by atoms with Crippen LogP contribution in [-0.2, 0) is 12.8 Å². The number of rotatable bonds is 5. The van der Waals surface area contributed by atoms with Gasteiger partial charge in [0, 0.05) is 51.4 Å². The highest BCUT2D eigenvalue weighted by atomic mass is 127. The molecule has 0 amide bonds. The van der Waals surface area contributed by atoms with Gasteiger partial charge in [0.15, 0.2) is 5.96 Å². The molecule has 1 aliphatic heterocycles. The number of fused-ring (bicyclic) bond motifs is 1. The molecule has 154 valence electrons. The molecule has 0 saturated carbocycles. The van der Waals surface area contributed by atoms with Crippen molar-refractivity contribution < 1.29 is 0 Å². The second kappa shape index (κ2) is 10.6. The molecule has 7 heteroatoms. The standard InChI is InChI=1S/C20H36N6.HI/c1-15(2)26-14-17-7-8-18(12-19(17)24-26)23-20(21-4)22-9-11-25-10-5-6-16(3)13-25;/h14-16,18H,5-13H2,1-4H3,(H2,21,22,23);1H. The molecule has 2 unspecified atom stereocenters. The number of hydrogen-bond acceptors (Lipinski definition) is 3. The molecule has 0 aromatic carbocycles. The van der Waals surface area contributed by atoms with E-state index in [2.05, 4.69) is 52.2 Å². The van der Waals surface area contributed by atoms with Crippen molar-refractivity contribution >= 4 is 29.9 Å². The lowest BCUT2D eigenvalue weighted by Crippen LogP contribution is -2.48. The minimum atomic E-state index is 0. The number of aromatic nitrogens is 2. The van der Waals surface area contributed by atoms with Crippen molar-refractivity contribution in [1.29, 1.82) is 0 Å². The van der Waals surface area contributed by atoms with Crippen LogP contribution < -0.4 is 10.6 Å². The summed E-state index contributed by atoms with van der Waals surface area (Å²) in [5, 5.41) is 11.9. The van der Waals surface area contributed by atoms with Gasteiger partial charge in [-0.15, -0.1) is 24.0 Å². The molecule has 27 heavy (non-hydrogen) atoms. The van der Waals surface area contributed by atoms with E-state index in [-0.39, 0.29) is 24.0 Å². The summed E-state index contributed by atoms with van der Waals surface area (Å²) >= 11 is 0. The van der Waals surface area contributed by atoms with Crippen LogP contribution in [0.5, 0.6) is 0 Å². The topological polar surface area (TPSA) is 57.5 Å². The van der Waals surface area contributed by atoms with Crippen LogP contribution in [-0.4, -0.2) is 59.9 Å². The maximum atomic E-state index is 4.77. The molecule has 2 heterocycles. The minimum absolute atomic E-state index is 0. The summed E-state index contributed by atoms with van der Waals surface area (Å²) in [6.45, 7) is 11.2. The van der Waals surface area contributed by atoms with Crippen LogP contribution in [0.1, 0.15) is 57.3 Å².